The monoisotopic (exact) mass is 189 g/mol. The molecule has 0 spiro atoms. The molecule has 0 rings (SSSR count). The predicted octanol–water partition coefficient (Wildman–Crippen LogP) is 0.430. The lowest BCUT2D eigenvalue weighted by Gasteiger charge is -2.08. The lowest BCUT2D eigenvalue weighted by atomic mass is 10.2. The highest BCUT2D eigenvalue weighted by molar-refractivity contribution is 5.74. The van der Waals surface area contributed by atoms with E-state index in [1.807, 2.05) is 0 Å². The summed E-state index contributed by atoms with van der Waals surface area (Å²) in [6.07, 6.45) is 2.21. The van der Waals surface area contributed by atoms with Crippen molar-refractivity contribution in [1.29, 1.82) is 0 Å². The Labute approximate surface area is 79.1 Å². The van der Waals surface area contributed by atoms with Crippen LogP contribution in [0.1, 0.15) is 32.6 Å². The average molecular weight is 189 g/mol. The van der Waals surface area contributed by atoms with Gasteiger partial charge in [-0.15, -0.1) is 0 Å². The summed E-state index contributed by atoms with van der Waals surface area (Å²) >= 11 is 0. The highest BCUT2D eigenvalue weighted by Crippen LogP contribution is 1.98. The first-order valence-corrected chi connectivity index (χ1v) is 4.77. The van der Waals surface area contributed by atoms with Crippen LogP contribution in [0.15, 0.2) is 0 Å². The van der Waals surface area contributed by atoms with Crippen LogP contribution in [0.3, 0.4) is 0 Å². The number of esters is 1. The fraction of sp³-hybridized carbons (Fsp3) is 0.889. The number of unbranched alkanes of at least 4 members (excludes halogenated alkanes) is 2. The first-order chi connectivity index (χ1) is 6.22. The Morgan fingerprint density at radius 3 is 2.77 bits per heavy atom. The first kappa shape index (κ1) is 12.4. The second-order valence-electron chi connectivity index (χ2n) is 2.97. The second-order valence-corrected chi connectivity index (χ2v) is 2.97. The number of hydrogen-bond donors (Lipinski definition) is 2. The maximum atomic E-state index is 11.0. The van der Waals surface area contributed by atoms with Gasteiger partial charge in [0.15, 0.2) is 6.10 Å². The molecule has 0 aliphatic rings. The molecule has 4 nitrogen and oxygen atoms in total. The molecule has 0 bridgehead atoms. The molecular formula is C9H19NO3. The lowest BCUT2D eigenvalue weighted by Crippen LogP contribution is -2.26. The third-order valence-electron chi connectivity index (χ3n) is 1.70. The smallest absolute Gasteiger partial charge is 0.335 e. The molecule has 0 aromatic heterocycles. The molecule has 0 fully saturated rings. The van der Waals surface area contributed by atoms with Crippen molar-refractivity contribution in [3.63, 3.8) is 0 Å². The number of hydrogen-bond acceptors (Lipinski definition) is 4. The summed E-state index contributed by atoms with van der Waals surface area (Å²) in [6, 6.07) is 0. The van der Waals surface area contributed by atoms with Gasteiger partial charge in [-0.25, -0.2) is 4.79 Å². The van der Waals surface area contributed by atoms with E-state index in [4.69, 9.17) is 15.6 Å². The van der Waals surface area contributed by atoms with Crippen LogP contribution in [-0.4, -0.2) is 30.3 Å². The second kappa shape index (κ2) is 8.01. The zero-order valence-corrected chi connectivity index (χ0v) is 8.16. The number of ether oxygens (including phenoxy) is 1. The van der Waals surface area contributed by atoms with Crippen LogP contribution in [0, 0.1) is 0 Å². The van der Waals surface area contributed by atoms with Crippen molar-refractivity contribution in [3.05, 3.63) is 0 Å². The molecule has 0 saturated carbocycles. The SMILES string of the molecule is CCCCCOC(=O)C(O)CCN. The highest BCUT2D eigenvalue weighted by Gasteiger charge is 2.14. The van der Waals surface area contributed by atoms with Gasteiger partial charge in [-0.3, -0.25) is 0 Å². The van der Waals surface area contributed by atoms with E-state index in [0.29, 0.717) is 13.2 Å². The Hall–Kier alpha value is -0.610. The third-order valence-corrected chi connectivity index (χ3v) is 1.70. The Bertz CT molecular complexity index is 139. The zero-order valence-electron chi connectivity index (χ0n) is 8.16. The minimum Gasteiger partial charge on any atom is -0.464 e. The van der Waals surface area contributed by atoms with Gasteiger partial charge in [0, 0.05) is 0 Å². The molecule has 0 saturated heterocycles. The summed E-state index contributed by atoms with van der Waals surface area (Å²) in [7, 11) is 0. The quantitative estimate of drug-likeness (QED) is 0.450. The molecule has 78 valence electrons. The topological polar surface area (TPSA) is 72.5 Å². The average Bonchev–Trinajstić information content (AvgIpc) is 2.12. The predicted molar refractivity (Wildman–Crippen MR) is 50.2 cm³/mol. The summed E-state index contributed by atoms with van der Waals surface area (Å²) in [5, 5.41) is 9.12. The molecule has 1 unspecified atom stereocenters. The van der Waals surface area contributed by atoms with Crippen LogP contribution < -0.4 is 5.73 Å². The molecule has 0 aromatic rings. The van der Waals surface area contributed by atoms with E-state index in [0.717, 1.165) is 19.3 Å². The van der Waals surface area contributed by atoms with Gasteiger partial charge in [0.1, 0.15) is 0 Å². The molecule has 1 atom stereocenters. The number of carbonyl (C=O) groups excluding carboxylic acids is 1. The van der Waals surface area contributed by atoms with Crippen molar-refractivity contribution in [1.82, 2.24) is 0 Å². The lowest BCUT2D eigenvalue weighted by molar-refractivity contribution is -0.153. The Morgan fingerprint density at radius 1 is 1.54 bits per heavy atom. The molecule has 0 amide bonds. The first-order valence-electron chi connectivity index (χ1n) is 4.77. The molecule has 0 heterocycles. The van der Waals surface area contributed by atoms with Crippen molar-refractivity contribution in [2.45, 2.75) is 38.7 Å². The largest absolute Gasteiger partial charge is 0.464 e. The van der Waals surface area contributed by atoms with Gasteiger partial charge < -0.3 is 15.6 Å². The maximum Gasteiger partial charge on any atom is 0.335 e. The molecule has 0 aromatic carbocycles. The summed E-state index contributed by atoms with van der Waals surface area (Å²) in [6.45, 7) is 2.77. The van der Waals surface area contributed by atoms with Gasteiger partial charge in [0.05, 0.1) is 6.61 Å². The Balaban J connectivity index is 3.38. The van der Waals surface area contributed by atoms with Crippen molar-refractivity contribution >= 4 is 5.97 Å². The van der Waals surface area contributed by atoms with E-state index in [1.54, 1.807) is 0 Å². The van der Waals surface area contributed by atoms with E-state index < -0.39 is 12.1 Å². The molecule has 3 N–H and O–H groups in total. The van der Waals surface area contributed by atoms with Crippen LogP contribution >= 0.6 is 0 Å². The van der Waals surface area contributed by atoms with Crippen molar-refractivity contribution in [3.8, 4) is 0 Å². The molecule has 0 aliphatic carbocycles. The Kier molecular flexibility index (Phi) is 7.63. The fourth-order valence-electron chi connectivity index (χ4n) is 0.897. The number of rotatable bonds is 7. The normalized spacial score (nSPS) is 12.5. The van der Waals surface area contributed by atoms with E-state index in [-0.39, 0.29) is 6.42 Å². The van der Waals surface area contributed by atoms with E-state index in [1.165, 1.54) is 0 Å². The van der Waals surface area contributed by atoms with Crippen LogP contribution in [0.5, 0.6) is 0 Å². The summed E-state index contributed by atoms with van der Waals surface area (Å²) in [4.78, 5) is 11.0. The standard InChI is InChI=1S/C9H19NO3/c1-2-3-4-7-13-9(12)8(11)5-6-10/h8,11H,2-7,10H2,1H3. The number of carbonyl (C=O) groups is 1. The van der Waals surface area contributed by atoms with Crippen molar-refractivity contribution in [2.75, 3.05) is 13.2 Å². The third kappa shape index (κ3) is 6.54. The van der Waals surface area contributed by atoms with E-state index >= 15 is 0 Å². The summed E-state index contributed by atoms with van der Waals surface area (Å²) in [5.41, 5.74) is 5.18. The number of aliphatic hydroxyl groups is 1. The molecule has 0 aliphatic heterocycles. The summed E-state index contributed by atoms with van der Waals surface area (Å²) in [5.74, 6) is -0.554. The van der Waals surface area contributed by atoms with Gasteiger partial charge in [-0.05, 0) is 19.4 Å². The number of nitrogens with two attached hydrogens (primary N) is 1. The van der Waals surface area contributed by atoms with Crippen LogP contribution in [0.2, 0.25) is 0 Å². The van der Waals surface area contributed by atoms with Crippen LogP contribution in [0.25, 0.3) is 0 Å². The van der Waals surface area contributed by atoms with Gasteiger partial charge in [0.25, 0.3) is 0 Å². The molecule has 0 radical (unpaired) electrons. The maximum absolute atomic E-state index is 11.0. The molecule has 4 heteroatoms. The molecule has 13 heavy (non-hydrogen) atoms. The fourth-order valence-corrected chi connectivity index (χ4v) is 0.897. The zero-order chi connectivity index (χ0) is 10.1. The number of aliphatic hydroxyl groups excluding tert-OH is 1. The van der Waals surface area contributed by atoms with Crippen molar-refractivity contribution < 1.29 is 14.6 Å². The minimum atomic E-state index is -1.05. The van der Waals surface area contributed by atoms with Gasteiger partial charge in [-0.1, -0.05) is 19.8 Å². The van der Waals surface area contributed by atoms with E-state index in [9.17, 15) is 4.79 Å². The van der Waals surface area contributed by atoms with Crippen molar-refractivity contribution in [2.24, 2.45) is 5.73 Å². The highest BCUT2D eigenvalue weighted by atomic mass is 16.5. The van der Waals surface area contributed by atoms with Gasteiger partial charge >= 0.3 is 5.97 Å². The Morgan fingerprint density at radius 2 is 2.23 bits per heavy atom. The minimum absolute atomic E-state index is 0.270. The summed E-state index contributed by atoms with van der Waals surface area (Å²) < 4.78 is 4.81. The van der Waals surface area contributed by atoms with Crippen LogP contribution in [0.4, 0.5) is 0 Å². The van der Waals surface area contributed by atoms with Gasteiger partial charge in [-0.2, -0.15) is 0 Å². The van der Waals surface area contributed by atoms with Gasteiger partial charge in [0.2, 0.25) is 0 Å². The van der Waals surface area contributed by atoms with E-state index in [2.05, 4.69) is 6.92 Å². The van der Waals surface area contributed by atoms with Crippen LogP contribution in [-0.2, 0) is 9.53 Å². The molecular weight excluding hydrogens is 170 g/mol.